The van der Waals surface area contributed by atoms with Crippen LogP contribution >= 0.6 is 0 Å². The van der Waals surface area contributed by atoms with Crippen LogP contribution in [0.4, 0.5) is 5.69 Å². The first-order chi connectivity index (χ1) is 10.7. The van der Waals surface area contributed by atoms with Crippen LogP contribution in [0.3, 0.4) is 0 Å². The zero-order valence-electron chi connectivity index (χ0n) is 12.7. The molecular formula is C18H20N2O2. The third-order valence-corrected chi connectivity index (χ3v) is 4.00. The summed E-state index contributed by atoms with van der Waals surface area (Å²) >= 11 is 0. The van der Waals surface area contributed by atoms with E-state index < -0.39 is 0 Å². The highest BCUT2D eigenvalue weighted by molar-refractivity contribution is 5.97. The Balaban J connectivity index is 1.67. The van der Waals surface area contributed by atoms with Gasteiger partial charge in [0.2, 0.25) is 0 Å². The molecule has 1 unspecified atom stereocenters. The summed E-state index contributed by atoms with van der Waals surface area (Å²) in [5, 5.41) is 0. The zero-order valence-corrected chi connectivity index (χ0v) is 12.7. The minimum atomic E-state index is -0.0136. The van der Waals surface area contributed by atoms with Crippen molar-refractivity contribution in [3.8, 4) is 5.75 Å². The van der Waals surface area contributed by atoms with Crippen molar-refractivity contribution >= 4 is 11.6 Å². The van der Waals surface area contributed by atoms with E-state index in [4.69, 9.17) is 10.5 Å². The van der Waals surface area contributed by atoms with Gasteiger partial charge in [0, 0.05) is 18.3 Å². The molecule has 0 bridgehead atoms. The monoisotopic (exact) mass is 296 g/mol. The van der Waals surface area contributed by atoms with Gasteiger partial charge in [-0.25, -0.2) is 0 Å². The molecule has 1 aliphatic heterocycles. The topological polar surface area (TPSA) is 55.6 Å². The highest BCUT2D eigenvalue weighted by Crippen LogP contribution is 2.31. The molecule has 0 fully saturated rings. The molecule has 2 aromatic carbocycles. The summed E-state index contributed by atoms with van der Waals surface area (Å²) in [6.07, 6.45) is 0.896. The summed E-state index contributed by atoms with van der Waals surface area (Å²) in [6, 6.07) is 15.7. The van der Waals surface area contributed by atoms with Gasteiger partial charge in [0.15, 0.2) is 6.61 Å². The number of para-hydroxylation sites is 1. The maximum absolute atomic E-state index is 12.5. The van der Waals surface area contributed by atoms with E-state index in [-0.39, 0.29) is 18.6 Å². The Labute approximate surface area is 130 Å². The second kappa shape index (κ2) is 6.20. The molecule has 1 atom stereocenters. The number of hydrogen-bond donors (Lipinski definition) is 1. The molecule has 2 N–H and O–H groups in total. The van der Waals surface area contributed by atoms with Gasteiger partial charge in [-0.1, -0.05) is 30.3 Å². The van der Waals surface area contributed by atoms with Crippen LogP contribution in [0.5, 0.6) is 5.75 Å². The molecule has 0 saturated heterocycles. The van der Waals surface area contributed by atoms with E-state index in [0.717, 1.165) is 17.7 Å². The number of nitrogens with zero attached hydrogens (tertiary/aromatic N) is 1. The fraction of sp³-hybridized carbons (Fsp3) is 0.278. The van der Waals surface area contributed by atoms with Gasteiger partial charge in [0.05, 0.1) is 0 Å². The second-order valence-corrected chi connectivity index (χ2v) is 5.58. The summed E-state index contributed by atoms with van der Waals surface area (Å²) in [6.45, 7) is 2.61. The summed E-state index contributed by atoms with van der Waals surface area (Å²) in [5.74, 6) is 0.672. The average Bonchev–Trinajstić information content (AvgIpc) is 2.89. The SMILES string of the molecule is CC1Cc2ccccc2N1C(=O)COc1ccc(CN)cc1. The van der Waals surface area contributed by atoms with E-state index in [2.05, 4.69) is 13.0 Å². The molecule has 0 aliphatic carbocycles. The molecule has 0 saturated carbocycles. The fourth-order valence-electron chi connectivity index (χ4n) is 2.88. The fourth-order valence-corrected chi connectivity index (χ4v) is 2.88. The molecule has 4 nitrogen and oxygen atoms in total. The Hall–Kier alpha value is -2.33. The molecule has 1 heterocycles. The zero-order chi connectivity index (χ0) is 15.5. The van der Waals surface area contributed by atoms with Gasteiger partial charge in [-0.05, 0) is 42.7 Å². The lowest BCUT2D eigenvalue weighted by Gasteiger charge is -2.22. The van der Waals surface area contributed by atoms with Gasteiger partial charge in [0.25, 0.3) is 5.91 Å². The molecule has 1 aliphatic rings. The van der Waals surface area contributed by atoms with E-state index in [1.54, 1.807) is 0 Å². The molecule has 0 spiro atoms. The molecule has 4 heteroatoms. The molecular weight excluding hydrogens is 276 g/mol. The molecule has 114 valence electrons. The van der Waals surface area contributed by atoms with Crippen molar-refractivity contribution in [1.29, 1.82) is 0 Å². The van der Waals surface area contributed by atoms with E-state index in [9.17, 15) is 4.79 Å². The van der Waals surface area contributed by atoms with Crippen molar-refractivity contribution in [2.75, 3.05) is 11.5 Å². The lowest BCUT2D eigenvalue weighted by Crippen LogP contribution is -2.39. The van der Waals surface area contributed by atoms with E-state index in [1.807, 2.05) is 47.4 Å². The minimum Gasteiger partial charge on any atom is -0.484 e. The van der Waals surface area contributed by atoms with Crippen molar-refractivity contribution in [2.24, 2.45) is 5.73 Å². The number of amides is 1. The van der Waals surface area contributed by atoms with E-state index >= 15 is 0 Å². The van der Waals surface area contributed by atoms with Crippen LogP contribution in [0.15, 0.2) is 48.5 Å². The summed E-state index contributed by atoms with van der Waals surface area (Å²) in [5.41, 5.74) is 8.83. The lowest BCUT2D eigenvalue weighted by atomic mass is 10.1. The first-order valence-electron chi connectivity index (χ1n) is 7.51. The van der Waals surface area contributed by atoms with Gasteiger partial charge >= 0.3 is 0 Å². The number of anilines is 1. The van der Waals surface area contributed by atoms with Gasteiger partial charge in [-0.2, -0.15) is 0 Å². The highest BCUT2D eigenvalue weighted by Gasteiger charge is 2.30. The van der Waals surface area contributed by atoms with Crippen molar-refractivity contribution in [3.05, 3.63) is 59.7 Å². The van der Waals surface area contributed by atoms with Crippen LogP contribution in [-0.2, 0) is 17.8 Å². The standard InChI is InChI=1S/C18H20N2O2/c1-13-10-15-4-2-3-5-17(15)20(13)18(21)12-22-16-8-6-14(11-19)7-9-16/h2-9,13H,10-12,19H2,1H3. The summed E-state index contributed by atoms with van der Waals surface area (Å²) in [4.78, 5) is 14.3. The van der Waals surface area contributed by atoms with Gasteiger partial charge in [0.1, 0.15) is 5.75 Å². The summed E-state index contributed by atoms with van der Waals surface area (Å²) in [7, 11) is 0. The first-order valence-corrected chi connectivity index (χ1v) is 7.51. The molecule has 22 heavy (non-hydrogen) atoms. The van der Waals surface area contributed by atoms with Gasteiger partial charge in [-0.15, -0.1) is 0 Å². The lowest BCUT2D eigenvalue weighted by molar-refractivity contribution is -0.120. The highest BCUT2D eigenvalue weighted by atomic mass is 16.5. The smallest absolute Gasteiger partial charge is 0.265 e. The minimum absolute atomic E-state index is 0.0136. The van der Waals surface area contributed by atoms with Crippen LogP contribution in [0.2, 0.25) is 0 Å². The van der Waals surface area contributed by atoms with Crippen molar-refractivity contribution in [2.45, 2.75) is 25.9 Å². The van der Waals surface area contributed by atoms with E-state index in [0.29, 0.717) is 12.3 Å². The second-order valence-electron chi connectivity index (χ2n) is 5.58. The molecule has 2 aromatic rings. The Morgan fingerprint density at radius 1 is 1.23 bits per heavy atom. The normalized spacial score (nSPS) is 16.5. The largest absolute Gasteiger partial charge is 0.484 e. The number of benzene rings is 2. The Morgan fingerprint density at radius 3 is 2.68 bits per heavy atom. The maximum atomic E-state index is 12.5. The predicted molar refractivity (Wildman–Crippen MR) is 86.9 cm³/mol. The number of carbonyl (C=O) groups excluding carboxylic acids is 1. The van der Waals surface area contributed by atoms with Crippen LogP contribution in [0.25, 0.3) is 0 Å². The average molecular weight is 296 g/mol. The van der Waals surface area contributed by atoms with Crippen LogP contribution in [0.1, 0.15) is 18.1 Å². The molecule has 0 radical (unpaired) electrons. The first kappa shape index (κ1) is 14.6. The van der Waals surface area contributed by atoms with Crippen LogP contribution in [0, 0.1) is 0 Å². The Bertz CT molecular complexity index is 667. The summed E-state index contributed by atoms with van der Waals surface area (Å²) < 4.78 is 5.61. The van der Waals surface area contributed by atoms with Crippen LogP contribution < -0.4 is 15.4 Å². The third kappa shape index (κ3) is 2.83. The number of ether oxygens (including phenoxy) is 1. The van der Waals surface area contributed by atoms with Gasteiger partial charge in [-0.3, -0.25) is 4.79 Å². The van der Waals surface area contributed by atoms with Crippen LogP contribution in [-0.4, -0.2) is 18.6 Å². The quantitative estimate of drug-likeness (QED) is 0.943. The van der Waals surface area contributed by atoms with Crippen molar-refractivity contribution < 1.29 is 9.53 Å². The van der Waals surface area contributed by atoms with Crippen molar-refractivity contribution in [1.82, 2.24) is 0 Å². The molecule has 1 amide bonds. The maximum Gasteiger partial charge on any atom is 0.265 e. The number of fused-ring (bicyclic) bond motifs is 1. The number of carbonyl (C=O) groups is 1. The Morgan fingerprint density at radius 2 is 1.95 bits per heavy atom. The number of nitrogens with two attached hydrogens (primary N) is 1. The Kier molecular flexibility index (Phi) is 4.11. The number of rotatable bonds is 4. The molecule has 0 aromatic heterocycles. The third-order valence-electron chi connectivity index (χ3n) is 4.00. The predicted octanol–water partition coefficient (Wildman–Crippen LogP) is 2.50. The number of hydrogen-bond acceptors (Lipinski definition) is 3. The van der Waals surface area contributed by atoms with Gasteiger partial charge < -0.3 is 15.4 Å². The molecule has 3 rings (SSSR count). The van der Waals surface area contributed by atoms with E-state index in [1.165, 1.54) is 5.56 Å². The van der Waals surface area contributed by atoms with Crippen molar-refractivity contribution in [3.63, 3.8) is 0 Å².